The van der Waals surface area contributed by atoms with Crippen LogP contribution in [0.15, 0.2) is 12.2 Å². The molecule has 0 unspecified atom stereocenters. The van der Waals surface area contributed by atoms with Crippen molar-refractivity contribution in [2.45, 2.75) is 63.8 Å². The van der Waals surface area contributed by atoms with Gasteiger partial charge in [-0.1, -0.05) is 6.08 Å². The van der Waals surface area contributed by atoms with E-state index in [-0.39, 0.29) is 24.4 Å². The second-order valence-corrected chi connectivity index (χ2v) is 6.27. The molecule has 0 bridgehead atoms. The third-order valence-corrected chi connectivity index (χ3v) is 2.93. The van der Waals surface area contributed by atoms with E-state index in [4.69, 9.17) is 14.2 Å². The van der Waals surface area contributed by atoms with Crippen LogP contribution in [-0.4, -0.2) is 40.9 Å². The molecule has 0 saturated carbocycles. The van der Waals surface area contributed by atoms with Crippen molar-refractivity contribution in [3.8, 4) is 0 Å². The lowest BCUT2D eigenvalue weighted by atomic mass is 10.0. The zero-order valence-electron chi connectivity index (χ0n) is 11.2. The number of aliphatic hydroxyl groups is 1. The summed E-state index contributed by atoms with van der Waals surface area (Å²) in [6, 6.07) is 0. The average molecular weight is 242 g/mol. The SMILES string of the molecule is CC(C)(C)OC[C@@]1(O)C=C[C@@H]2OC(C)(C)O[C@@H]21. The molecular weight excluding hydrogens is 220 g/mol. The molecule has 0 amide bonds. The van der Waals surface area contributed by atoms with Gasteiger partial charge < -0.3 is 19.3 Å². The summed E-state index contributed by atoms with van der Waals surface area (Å²) in [5, 5.41) is 10.5. The van der Waals surface area contributed by atoms with Crippen LogP contribution in [0, 0.1) is 0 Å². The first-order valence-corrected chi connectivity index (χ1v) is 6.03. The minimum Gasteiger partial charge on any atom is -0.380 e. The van der Waals surface area contributed by atoms with E-state index in [1.54, 1.807) is 6.08 Å². The smallest absolute Gasteiger partial charge is 0.164 e. The summed E-state index contributed by atoms with van der Waals surface area (Å²) in [7, 11) is 0. The molecule has 0 aromatic carbocycles. The normalized spacial score (nSPS) is 39.6. The monoisotopic (exact) mass is 242 g/mol. The van der Waals surface area contributed by atoms with Crippen molar-refractivity contribution in [3.63, 3.8) is 0 Å². The number of ether oxygens (including phenoxy) is 3. The van der Waals surface area contributed by atoms with Crippen LogP contribution < -0.4 is 0 Å². The molecule has 1 heterocycles. The highest BCUT2D eigenvalue weighted by atomic mass is 16.8. The average Bonchev–Trinajstić information content (AvgIpc) is 2.59. The molecule has 2 rings (SSSR count). The van der Waals surface area contributed by atoms with Gasteiger partial charge in [-0.15, -0.1) is 0 Å². The van der Waals surface area contributed by atoms with Gasteiger partial charge in [0.25, 0.3) is 0 Å². The summed E-state index contributed by atoms with van der Waals surface area (Å²) >= 11 is 0. The molecule has 98 valence electrons. The van der Waals surface area contributed by atoms with E-state index in [9.17, 15) is 5.11 Å². The molecule has 3 atom stereocenters. The number of hydrogen-bond donors (Lipinski definition) is 1. The fourth-order valence-corrected chi connectivity index (χ4v) is 2.14. The summed E-state index contributed by atoms with van der Waals surface area (Å²) < 4.78 is 17.1. The quantitative estimate of drug-likeness (QED) is 0.748. The van der Waals surface area contributed by atoms with E-state index >= 15 is 0 Å². The van der Waals surface area contributed by atoms with Crippen LogP contribution >= 0.6 is 0 Å². The Balaban J connectivity index is 2.05. The zero-order chi connectivity index (χ0) is 12.9. The van der Waals surface area contributed by atoms with E-state index in [1.165, 1.54) is 0 Å². The Morgan fingerprint density at radius 1 is 1.29 bits per heavy atom. The van der Waals surface area contributed by atoms with Crippen LogP contribution in [0.4, 0.5) is 0 Å². The molecule has 1 aliphatic heterocycles. The third kappa shape index (κ3) is 2.71. The predicted octanol–water partition coefficient (Wildman–Crippen LogP) is 1.62. The topological polar surface area (TPSA) is 47.9 Å². The summed E-state index contributed by atoms with van der Waals surface area (Å²) in [6.07, 6.45) is 3.02. The summed E-state index contributed by atoms with van der Waals surface area (Å²) in [5.41, 5.74) is -1.37. The molecule has 17 heavy (non-hydrogen) atoms. The lowest BCUT2D eigenvalue weighted by molar-refractivity contribution is -0.178. The number of hydrogen-bond acceptors (Lipinski definition) is 4. The van der Waals surface area contributed by atoms with Crippen LogP contribution in [0.5, 0.6) is 0 Å². The van der Waals surface area contributed by atoms with Crippen molar-refractivity contribution in [3.05, 3.63) is 12.2 Å². The van der Waals surface area contributed by atoms with Crippen LogP contribution in [0.3, 0.4) is 0 Å². The molecule has 1 N–H and O–H groups in total. The Morgan fingerprint density at radius 3 is 2.53 bits per heavy atom. The van der Waals surface area contributed by atoms with Crippen LogP contribution in [0.2, 0.25) is 0 Å². The van der Waals surface area contributed by atoms with Crippen molar-refractivity contribution >= 4 is 0 Å². The summed E-state index contributed by atoms with van der Waals surface area (Å²) in [4.78, 5) is 0. The maximum atomic E-state index is 10.5. The van der Waals surface area contributed by atoms with Crippen molar-refractivity contribution in [2.24, 2.45) is 0 Å². The second-order valence-electron chi connectivity index (χ2n) is 6.27. The van der Waals surface area contributed by atoms with Crippen LogP contribution in [-0.2, 0) is 14.2 Å². The highest BCUT2D eigenvalue weighted by Gasteiger charge is 2.54. The van der Waals surface area contributed by atoms with Crippen molar-refractivity contribution < 1.29 is 19.3 Å². The highest BCUT2D eigenvalue weighted by molar-refractivity contribution is 5.22. The largest absolute Gasteiger partial charge is 0.380 e. The fraction of sp³-hybridized carbons (Fsp3) is 0.846. The van der Waals surface area contributed by atoms with E-state index in [0.29, 0.717) is 0 Å². The molecule has 1 aliphatic carbocycles. The lowest BCUT2D eigenvalue weighted by Gasteiger charge is -2.31. The van der Waals surface area contributed by atoms with Gasteiger partial charge in [-0.3, -0.25) is 0 Å². The molecule has 1 fully saturated rings. The van der Waals surface area contributed by atoms with E-state index in [1.807, 2.05) is 40.7 Å². The molecule has 2 aliphatic rings. The van der Waals surface area contributed by atoms with Gasteiger partial charge in [-0.05, 0) is 40.7 Å². The van der Waals surface area contributed by atoms with Gasteiger partial charge in [0.05, 0.1) is 12.2 Å². The first-order chi connectivity index (χ1) is 7.61. The number of rotatable bonds is 2. The fourth-order valence-electron chi connectivity index (χ4n) is 2.14. The Morgan fingerprint density at radius 2 is 1.94 bits per heavy atom. The van der Waals surface area contributed by atoms with Crippen LogP contribution in [0.25, 0.3) is 0 Å². The predicted molar refractivity (Wildman–Crippen MR) is 63.6 cm³/mol. The summed E-state index contributed by atoms with van der Waals surface area (Å²) in [6.45, 7) is 9.80. The molecule has 1 saturated heterocycles. The highest BCUT2D eigenvalue weighted by Crippen LogP contribution is 2.40. The van der Waals surface area contributed by atoms with E-state index in [0.717, 1.165) is 0 Å². The molecule has 0 spiro atoms. The lowest BCUT2D eigenvalue weighted by Crippen LogP contribution is -2.47. The van der Waals surface area contributed by atoms with Gasteiger partial charge >= 0.3 is 0 Å². The van der Waals surface area contributed by atoms with E-state index in [2.05, 4.69) is 0 Å². The first-order valence-electron chi connectivity index (χ1n) is 6.03. The first kappa shape index (κ1) is 13.0. The Labute approximate surface area is 103 Å². The standard InChI is InChI=1S/C13H22O4/c1-11(2,3)15-8-13(14)7-6-9-10(13)17-12(4,5)16-9/h6-7,9-10,14H,8H2,1-5H3/t9-,10-,13-/m0/s1. The molecular formula is C13H22O4. The minimum atomic E-state index is -1.09. The molecule has 0 radical (unpaired) electrons. The van der Waals surface area contributed by atoms with Crippen molar-refractivity contribution in [2.75, 3.05) is 6.61 Å². The van der Waals surface area contributed by atoms with Gasteiger partial charge in [0.2, 0.25) is 0 Å². The molecule has 4 heteroatoms. The molecule has 0 aromatic heterocycles. The van der Waals surface area contributed by atoms with Crippen LogP contribution in [0.1, 0.15) is 34.6 Å². The third-order valence-electron chi connectivity index (χ3n) is 2.93. The van der Waals surface area contributed by atoms with Gasteiger partial charge in [0, 0.05) is 0 Å². The van der Waals surface area contributed by atoms with Gasteiger partial charge in [-0.2, -0.15) is 0 Å². The Hall–Kier alpha value is -0.420. The maximum absolute atomic E-state index is 10.5. The molecule has 4 nitrogen and oxygen atoms in total. The Kier molecular flexibility index (Phi) is 2.90. The number of fused-ring (bicyclic) bond motifs is 1. The molecule has 0 aromatic rings. The zero-order valence-corrected chi connectivity index (χ0v) is 11.2. The van der Waals surface area contributed by atoms with Gasteiger partial charge in [0.15, 0.2) is 5.79 Å². The minimum absolute atomic E-state index is 0.182. The van der Waals surface area contributed by atoms with Gasteiger partial charge in [0.1, 0.15) is 17.8 Å². The maximum Gasteiger partial charge on any atom is 0.164 e. The van der Waals surface area contributed by atoms with Gasteiger partial charge in [-0.25, -0.2) is 0 Å². The van der Waals surface area contributed by atoms with Crippen molar-refractivity contribution in [1.29, 1.82) is 0 Å². The Bertz CT molecular complexity index is 329. The van der Waals surface area contributed by atoms with E-state index < -0.39 is 11.4 Å². The van der Waals surface area contributed by atoms with Crippen molar-refractivity contribution in [1.82, 2.24) is 0 Å². The summed E-state index contributed by atoms with van der Waals surface area (Å²) in [5.74, 6) is -0.643. The second kappa shape index (κ2) is 3.79.